The Labute approximate surface area is 82.6 Å². The van der Waals surface area contributed by atoms with Crippen molar-refractivity contribution < 1.29 is 9.90 Å². The van der Waals surface area contributed by atoms with Crippen molar-refractivity contribution in [2.75, 3.05) is 0 Å². The molecular weight excluding hydrogens is 178 g/mol. The number of carbonyl (C=O) groups excluding carboxylic acids is 1. The molecular formula is C11H11NO2. The van der Waals surface area contributed by atoms with Gasteiger partial charge in [-0.1, -0.05) is 6.92 Å². The van der Waals surface area contributed by atoms with Crippen LogP contribution in [0.5, 0.6) is 5.75 Å². The molecule has 1 N–H and O–H groups in total. The first-order valence-corrected chi connectivity index (χ1v) is 4.41. The normalized spacial score (nSPS) is 9.43. The lowest BCUT2D eigenvalue weighted by atomic mass is 10.0. The predicted octanol–water partition coefficient (Wildman–Crippen LogP) is 2.05. The highest BCUT2D eigenvalue weighted by molar-refractivity contribution is 5.96. The molecule has 0 aliphatic rings. The molecule has 0 fully saturated rings. The molecule has 0 aliphatic heterocycles. The lowest BCUT2D eigenvalue weighted by Crippen LogP contribution is -1.97. The third kappa shape index (κ3) is 2.11. The number of ketones is 1. The zero-order valence-corrected chi connectivity index (χ0v) is 7.95. The van der Waals surface area contributed by atoms with Crippen molar-refractivity contribution in [2.45, 2.75) is 19.8 Å². The van der Waals surface area contributed by atoms with Gasteiger partial charge in [0.1, 0.15) is 5.75 Å². The van der Waals surface area contributed by atoms with Crippen LogP contribution in [-0.2, 0) is 6.42 Å². The number of hydrogen-bond donors (Lipinski definition) is 1. The Morgan fingerprint density at radius 2 is 2.29 bits per heavy atom. The molecule has 14 heavy (non-hydrogen) atoms. The number of phenols is 1. The maximum absolute atomic E-state index is 11.3. The zero-order valence-electron chi connectivity index (χ0n) is 7.95. The van der Waals surface area contributed by atoms with Crippen LogP contribution in [-0.4, -0.2) is 10.9 Å². The van der Waals surface area contributed by atoms with Gasteiger partial charge in [-0.2, -0.15) is 5.26 Å². The van der Waals surface area contributed by atoms with Crippen molar-refractivity contribution in [1.82, 2.24) is 0 Å². The second-order valence-corrected chi connectivity index (χ2v) is 2.96. The van der Waals surface area contributed by atoms with Gasteiger partial charge in [0.15, 0.2) is 5.78 Å². The van der Waals surface area contributed by atoms with E-state index in [0.29, 0.717) is 17.5 Å². The summed E-state index contributed by atoms with van der Waals surface area (Å²) in [5.41, 5.74) is 1.06. The molecule has 0 bridgehead atoms. The van der Waals surface area contributed by atoms with Crippen molar-refractivity contribution >= 4 is 5.78 Å². The molecule has 0 aromatic heterocycles. The van der Waals surface area contributed by atoms with E-state index in [1.54, 1.807) is 19.1 Å². The van der Waals surface area contributed by atoms with Gasteiger partial charge in [-0.3, -0.25) is 4.79 Å². The van der Waals surface area contributed by atoms with Gasteiger partial charge >= 0.3 is 0 Å². The summed E-state index contributed by atoms with van der Waals surface area (Å²) in [5.74, 6) is 0.0865. The first-order valence-electron chi connectivity index (χ1n) is 4.41. The van der Waals surface area contributed by atoms with Crippen molar-refractivity contribution in [1.29, 1.82) is 5.26 Å². The lowest BCUT2D eigenvalue weighted by Gasteiger charge is -2.02. The number of rotatable bonds is 3. The van der Waals surface area contributed by atoms with Crippen molar-refractivity contribution in [3.8, 4) is 11.8 Å². The minimum Gasteiger partial charge on any atom is -0.508 e. The van der Waals surface area contributed by atoms with Crippen molar-refractivity contribution in [3.63, 3.8) is 0 Å². The number of nitrogens with zero attached hydrogens (tertiary/aromatic N) is 1. The number of benzene rings is 1. The maximum atomic E-state index is 11.3. The first-order chi connectivity index (χ1) is 6.69. The molecule has 0 unspecified atom stereocenters. The summed E-state index contributed by atoms with van der Waals surface area (Å²) in [6.07, 6.45) is 0.549. The van der Waals surface area contributed by atoms with E-state index < -0.39 is 0 Å². The third-order valence-corrected chi connectivity index (χ3v) is 1.99. The number of aromatic hydroxyl groups is 1. The van der Waals surface area contributed by atoms with E-state index in [0.717, 1.165) is 0 Å². The molecule has 0 amide bonds. The highest BCUT2D eigenvalue weighted by Crippen LogP contribution is 2.19. The molecule has 3 heteroatoms. The first kappa shape index (κ1) is 10.3. The van der Waals surface area contributed by atoms with Crippen LogP contribution in [0.2, 0.25) is 0 Å². The second kappa shape index (κ2) is 4.43. The summed E-state index contributed by atoms with van der Waals surface area (Å²) in [7, 11) is 0. The fraction of sp³-hybridized carbons (Fsp3) is 0.273. The fourth-order valence-corrected chi connectivity index (χ4v) is 1.19. The highest BCUT2D eigenvalue weighted by Gasteiger charge is 2.07. The van der Waals surface area contributed by atoms with E-state index in [4.69, 9.17) is 5.26 Å². The topological polar surface area (TPSA) is 61.1 Å². The Bertz CT molecular complexity index is 391. The molecule has 72 valence electrons. The highest BCUT2D eigenvalue weighted by atomic mass is 16.3. The Morgan fingerprint density at radius 1 is 1.57 bits per heavy atom. The maximum Gasteiger partial charge on any atom is 0.162 e. The minimum absolute atomic E-state index is 0.0178. The van der Waals surface area contributed by atoms with Crippen molar-refractivity contribution in [2.24, 2.45) is 0 Å². The van der Waals surface area contributed by atoms with Gasteiger partial charge in [-0.05, 0) is 18.2 Å². The Hall–Kier alpha value is -1.82. The summed E-state index contributed by atoms with van der Waals surface area (Å²) in [6, 6.07) is 6.54. The Kier molecular flexibility index (Phi) is 3.24. The molecule has 0 radical (unpaired) electrons. The molecule has 0 heterocycles. The average Bonchev–Trinajstić information content (AvgIpc) is 2.20. The van der Waals surface area contributed by atoms with E-state index in [9.17, 15) is 9.90 Å². The monoisotopic (exact) mass is 189 g/mol. The quantitative estimate of drug-likeness (QED) is 0.740. The number of carbonyl (C=O) groups is 1. The summed E-state index contributed by atoms with van der Waals surface area (Å²) in [6.45, 7) is 1.78. The van der Waals surface area contributed by atoms with Gasteiger partial charge in [-0.15, -0.1) is 0 Å². The molecule has 1 aromatic rings. The summed E-state index contributed by atoms with van der Waals surface area (Å²) >= 11 is 0. The van der Waals surface area contributed by atoms with Crippen LogP contribution in [0.4, 0.5) is 0 Å². The lowest BCUT2D eigenvalue weighted by molar-refractivity contribution is 0.0988. The molecule has 0 saturated heterocycles. The van der Waals surface area contributed by atoms with E-state index in [-0.39, 0.29) is 18.0 Å². The SMILES string of the molecule is CCC(=O)c1ccc(O)c(CC#N)c1. The molecule has 3 nitrogen and oxygen atoms in total. The number of phenolic OH excluding ortho intramolecular Hbond substituents is 1. The van der Waals surface area contributed by atoms with Crippen LogP contribution in [0.25, 0.3) is 0 Å². The third-order valence-electron chi connectivity index (χ3n) is 1.99. The summed E-state index contributed by atoms with van der Waals surface area (Å²) in [4.78, 5) is 11.3. The van der Waals surface area contributed by atoms with E-state index in [1.165, 1.54) is 6.07 Å². The molecule has 0 spiro atoms. The van der Waals surface area contributed by atoms with Crippen LogP contribution in [0, 0.1) is 11.3 Å². The van der Waals surface area contributed by atoms with Gasteiger partial charge in [0.05, 0.1) is 12.5 Å². The minimum atomic E-state index is 0.0178. The van der Waals surface area contributed by atoms with Gasteiger partial charge in [0, 0.05) is 17.5 Å². The largest absolute Gasteiger partial charge is 0.508 e. The van der Waals surface area contributed by atoms with E-state index in [1.807, 2.05) is 6.07 Å². The van der Waals surface area contributed by atoms with Crippen LogP contribution in [0.3, 0.4) is 0 Å². The van der Waals surface area contributed by atoms with Gasteiger partial charge in [0.2, 0.25) is 0 Å². The molecule has 0 atom stereocenters. The summed E-state index contributed by atoms with van der Waals surface area (Å²) < 4.78 is 0. The van der Waals surface area contributed by atoms with Gasteiger partial charge in [-0.25, -0.2) is 0 Å². The second-order valence-electron chi connectivity index (χ2n) is 2.96. The standard InChI is InChI=1S/C11H11NO2/c1-2-10(13)8-3-4-11(14)9(7-8)5-6-12/h3-4,7,14H,2,5H2,1H3. The van der Waals surface area contributed by atoms with E-state index >= 15 is 0 Å². The molecule has 1 rings (SSSR count). The Balaban J connectivity index is 3.07. The summed E-state index contributed by atoms with van der Waals surface area (Å²) in [5, 5.41) is 17.8. The van der Waals surface area contributed by atoms with E-state index in [2.05, 4.69) is 0 Å². The molecule has 0 saturated carbocycles. The average molecular weight is 189 g/mol. The molecule has 0 aliphatic carbocycles. The zero-order chi connectivity index (χ0) is 10.6. The van der Waals surface area contributed by atoms with Crippen LogP contribution in [0.1, 0.15) is 29.3 Å². The molecule has 1 aromatic carbocycles. The van der Waals surface area contributed by atoms with Crippen LogP contribution < -0.4 is 0 Å². The fourth-order valence-electron chi connectivity index (χ4n) is 1.19. The van der Waals surface area contributed by atoms with Crippen molar-refractivity contribution in [3.05, 3.63) is 29.3 Å². The number of nitriles is 1. The Morgan fingerprint density at radius 3 is 2.86 bits per heavy atom. The van der Waals surface area contributed by atoms with Crippen LogP contribution in [0.15, 0.2) is 18.2 Å². The smallest absolute Gasteiger partial charge is 0.162 e. The van der Waals surface area contributed by atoms with Gasteiger partial charge < -0.3 is 5.11 Å². The predicted molar refractivity (Wildman–Crippen MR) is 52.0 cm³/mol. The van der Waals surface area contributed by atoms with Crippen LogP contribution >= 0.6 is 0 Å². The number of Topliss-reactive ketones (excluding diaryl/α,β-unsaturated/α-hetero) is 1. The van der Waals surface area contributed by atoms with Gasteiger partial charge in [0.25, 0.3) is 0 Å². The number of hydrogen-bond acceptors (Lipinski definition) is 3.